The summed E-state index contributed by atoms with van der Waals surface area (Å²) >= 11 is 0. The van der Waals surface area contributed by atoms with E-state index in [1.54, 1.807) is 0 Å². The van der Waals surface area contributed by atoms with Crippen LogP contribution in [0.25, 0.3) is 0 Å². The van der Waals surface area contributed by atoms with Crippen LogP contribution in [0.5, 0.6) is 0 Å². The van der Waals surface area contributed by atoms with Crippen LogP contribution in [-0.2, 0) is 28.6 Å². The lowest BCUT2D eigenvalue weighted by Gasteiger charge is -2.18. The van der Waals surface area contributed by atoms with E-state index in [0.29, 0.717) is 19.3 Å². The largest absolute Gasteiger partial charge is 0.462 e. The zero-order valence-corrected chi connectivity index (χ0v) is 42.8. The molecule has 0 aliphatic carbocycles. The molecule has 6 heteroatoms. The van der Waals surface area contributed by atoms with Crippen LogP contribution in [0.1, 0.15) is 181 Å². The molecule has 0 spiro atoms. The molecule has 6 nitrogen and oxygen atoms in total. The Hall–Kier alpha value is -5.23. The highest BCUT2D eigenvalue weighted by Gasteiger charge is 2.19. The van der Waals surface area contributed by atoms with Crippen LogP contribution in [0.3, 0.4) is 0 Å². The van der Waals surface area contributed by atoms with Gasteiger partial charge in [0.15, 0.2) is 6.10 Å². The lowest BCUT2D eigenvalue weighted by Crippen LogP contribution is -2.30. The fraction of sp³-hybridized carbons (Fsp3) is 0.500. The fourth-order valence-corrected chi connectivity index (χ4v) is 6.25. The molecule has 1 unspecified atom stereocenters. The van der Waals surface area contributed by atoms with Gasteiger partial charge >= 0.3 is 17.9 Å². The van der Waals surface area contributed by atoms with Gasteiger partial charge in [0.1, 0.15) is 13.2 Å². The molecule has 0 aromatic heterocycles. The van der Waals surface area contributed by atoms with Crippen LogP contribution in [0.4, 0.5) is 0 Å². The van der Waals surface area contributed by atoms with Crippen LogP contribution in [0, 0.1) is 0 Å². The smallest absolute Gasteiger partial charge is 0.306 e. The molecule has 0 aromatic carbocycles. The first-order valence-electron chi connectivity index (χ1n) is 26.2. The van der Waals surface area contributed by atoms with Crippen molar-refractivity contribution in [2.45, 2.75) is 187 Å². The molecular weight excluding hydrogens is 841 g/mol. The highest BCUT2D eigenvalue weighted by atomic mass is 16.6. The van der Waals surface area contributed by atoms with Crippen molar-refractivity contribution < 1.29 is 28.6 Å². The minimum absolute atomic E-state index is 0.136. The molecule has 0 fully saturated rings. The van der Waals surface area contributed by atoms with Gasteiger partial charge in [-0.2, -0.15) is 0 Å². The van der Waals surface area contributed by atoms with Crippen molar-refractivity contribution in [2.24, 2.45) is 0 Å². The molecule has 0 aliphatic rings. The molecule has 0 rings (SSSR count). The molecule has 0 amide bonds. The van der Waals surface area contributed by atoms with E-state index in [2.05, 4.69) is 118 Å². The van der Waals surface area contributed by atoms with E-state index in [4.69, 9.17) is 14.2 Å². The third-order valence-corrected chi connectivity index (χ3v) is 10.1. The Morgan fingerprint density at radius 3 is 1.12 bits per heavy atom. The Morgan fingerprint density at radius 1 is 0.324 bits per heavy atom. The number of esters is 3. The zero-order chi connectivity index (χ0) is 49.3. The van der Waals surface area contributed by atoms with Crippen LogP contribution >= 0.6 is 0 Å². The number of rotatable bonds is 44. The van der Waals surface area contributed by atoms with Crippen LogP contribution in [0.15, 0.2) is 170 Å². The maximum Gasteiger partial charge on any atom is 0.306 e. The summed E-state index contributed by atoms with van der Waals surface area (Å²) in [4.78, 5) is 38.0. The van der Waals surface area contributed by atoms with Gasteiger partial charge in [0.05, 0.1) is 0 Å². The third kappa shape index (κ3) is 51.7. The van der Waals surface area contributed by atoms with Gasteiger partial charge in [0, 0.05) is 19.3 Å². The fourth-order valence-electron chi connectivity index (χ4n) is 6.25. The number of hydrogen-bond acceptors (Lipinski definition) is 6. The summed E-state index contributed by atoms with van der Waals surface area (Å²) in [6.45, 7) is 6.21. The highest BCUT2D eigenvalue weighted by Crippen LogP contribution is 2.11. The first kappa shape index (κ1) is 62.8. The maximum absolute atomic E-state index is 12.8. The lowest BCUT2D eigenvalue weighted by atomic mass is 10.1. The first-order valence-corrected chi connectivity index (χ1v) is 26.2. The Labute approximate surface area is 415 Å². The monoisotopic (exact) mass is 933 g/mol. The van der Waals surface area contributed by atoms with Crippen molar-refractivity contribution in [3.8, 4) is 0 Å². The standard InChI is InChI=1S/C62H92O6/c1-4-7-10-13-16-19-22-25-28-30-31-33-34-37-40-43-46-49-52-55-61(64)67-58-59(57-66-60(63)54-51-48-45-42-39-36-27-24-21-18-15-12-9-6-3)68-62(65)56-53-50-47-44-41-38-35-32-29-26-23-20-17-14-11-8-5-2/h7,9-10,12-13,16-22,25-31,33-38,40,44,47,59H,4-6,8,11,14-15,23-24,32,39,41-43,45-46,48-58H2,1-3H3/b10-7-,12-9-,16-13-,20-17-,21-18-,22-19-,28-25-,29-26-,31-30+,34-33-,36-27-,38-35-,40-37-,47-44-. The quantitative estimate of drug-likeness (QED) is 0.0199. The van der Waals surface area contributed by atoms with Gasteiger partial charge in [-0.25, -0.2) is 0 Å². The summed E-state index contributed by atoms with van der Waals surface area (Å²) in [6, 6.07) is 0. The second kappa shape index (κ2) is 54.4. The van der Waals surface area contributed by atoms with Gasteiger partial charge in [-0.3, -0.25) is 14.4 Å². The molecule has 68 heavy (non-hydrogen) atoms. The molecule has 1 atom stereocenters. The molecule has 0 radical (unpaired) electrons. The SMILES string of the molecule is CC\C=C/C=C\C=C/C=C\C=C\C=C/C=C\CCCCCC(=O)OCC(COC(=O)CCCCCC/C=C\C/C=C\C/C=C\CC)OC(=O)CCC/C=C\C/C=C\C/C=C\C/C=C\CCCCC. The first-order chi connectivity index (χ1) is 33.5. The van der Waals surface area contributed by atoms with E-state index in [1.807, 2.05) is 72.9 Å². The zero-order valence-electron chi connectivity index (χ0n) is 42.8. The number of hydrogen-bond donors (Lipinski definition) is 0. The average molecular weight is 933 g/mol. The van der Waals surface area contributed by atoms with E-state index < -0.39 is 12.1 Å². The number of unbranched alkanes of at least 4 members (excludes halogenated alkanes) is 11. The van der Waals surface area contributed by atoms with E-state index in [-0.39, 0.29) is 38.0 Å². The highest BCUT2D eigenvalue weighted by molar-refractivity contribution is 5.71. The summed E-state index contributed by atoms with van der Waals surface area (Å²) in [5.74, 6) is -1.07. The van der Waals surface area contributed by atoms with Gasteiger partial charge in [0.25, 0.3) is 0 Å². The molecule has 0 N–H and O–H groups in total. The van der Waals surface area contributed by atoms with E-state index in [1.165, 1.54) is 25.7 Å². The molecule has 376 valence electrons. The van der Waals surface area contributed by atoms with E-state index in [0.717, 1.165) is 103 Å². The average Bonchev–Trinajstić information content (AvgIpc) is 3.34. The summed E-state index contributed by atoms with van der Waals surface area (Å²) in [7, 11) is 0. The van der Waals surface area contributed by atoms with Gasteiger partial charge in [-0.1, -0.05) is 223 Å². The number of carbonyl (C=O) groups is 3. The molecular formula is C62H92O6. The summed E-state index contributed by atoms with van der Waals surface area (Å²) in [6.07, 6.45) is 80.5. The van der Waals surface area contributed by atoms with Crippen molar-refractivity contribution in [2.75, 3.05) is 13.2 Å². The van der Waals surface area contributed by atoms with Gasteiger partial charge in [-0.05, 0) is 109 Å². The second-order valence-corrected chi connectivity index (χ2v) is 16.5. The Kier molecular flexibility index (Phi) is 50.2. The predicted molar refractivity (Wildman–Crippen MR) is 292 cm³/mol. The topological polar surface area (TPSA) is 78.9 Å². The lowest BCUT2D eigenvalue weighted by molar-refractivity contribution is -0.167. The number of ether oxygens (including phenoxy) is 3. The van der Waals surface area contributed by atoms with Gasteiger partial charge in [-0.15, -0.1) is 0 Å². The molecule has 0 saturated heterocycles. The van der Waals surface area contributed by atoms with Crippen molar-refractivity contribution in [3.63, 3.8) is 0 Å². The van der Waals surface area contributed by atoms with Crippen molar-refractivity contribution in [3.05, 3.63) is 170 Å². The van der Waals surface area contributed by atoms with E-state index >= 15 is 0 Å². The molecule has 0 saturated carbocycles. The Balaban J connectivity index is 4.66. The molecule has 0 heterocycles. The Bertz CT molecular complexity index is 1640. The third-order valence-electron chi connectivity index (χ3n) is 10.1. The van der Waals surface area contributed by atoms with E-state index in [9.17, 15) is 14.4 Å². The molecule has 0 aliphatic heterocycles. The molecule has 0 aromatic rings. The normalized spacial score (nSPS) is 13.5. The summed E-state index contributed by atoms with van der Waals surface area (Å²) < 4.78 is 16.7. The number of carbonyl (C=O) groups excluding carboxylic acids is 3. The minimum atomic E-state index is -0.845. The summed E-state index contributed by atoms with van der Waals surface area (Å²) in [5, 5.41) is 0. The van der Waals surface area contributed by atoms with Crippen molar-refractivity contribution >= 4 is 17.9 Å². The van der Waals surface area contributed by atoms with Crippen molar-refractivity contribution in [1.82, 2.24) is 0 Å². The Morgan fingerprint density at radius 2 is 0.662 bits per heavy atom. The van der Waals surface area contributed by atoms with Gasteiger partial charge < -0.3 is 14.2 Å². The van der Waals surface area contributed by atoms with Crippen LogP contribution in [0.2, 0.25) is 0 Å². The maximum atomic E-state index is 12.8. The van der Waals surface area contributed by atoms with Crippen LogP contribution < -0.4 is 0 Å². The van der Waals surface area contributed by atoms with Crippen LogP contribution in [-0.4, -0.2) is 37.2 Å². The summed E-state index contributed by atoms with van der Waals surface area (Å²) in [5.41, 5.74) is 0. The van der Waals surface area contributed by atoms with Gasteiger partial charge in [0.2, 0.25) is 0 Å². The predicted octanol–water partition coefficient (Wildman–Crippen LogP) is 17.6. The minimum Gasteiger partial charge on any atom is -0.462 e. The second-order valence-electron chi connectivity index (χ2n) is 16.5. The molecule has 0 bridgehead atoms. The number of allylic oxidation sites excluding steroid dienone is 28. The van der Waals surface area contributed by atoms with Crippen molar-refractivity contribution in [1.29, 1.82) is 0 Å².